The fraction of sp³-hybridized carbons (Fsp3) is 0.273. The molecule has 8 nitrogen and oxygen atoms in total. The van der Waals surface area contributed by atoms with Gasteiger partial charge in [-0.3, -0.25) is 4.98 Å². The number of nitrogens with zero attached hydrogens (tertiary/aromatic N) is 3. The van der Waals surface area contributed by atoms with Crippen molar-refractivity contribution in [1.29, 1.82) is 0 Å². The number of carbonyl (C=O) groups is 1. The van der Waals surface area contributed by atoms with Crippen molar-refractivity contribution in [3.05, 3.63) is 60.3 Å². The summed E-state index contributed by atoms with van der Waals surface area (Å²) in [6, 6.07) is 9.10. The molecule has 1 aromatic carbocycles. The molecule has 156 valence electrons. The normalized spacial score (nSPS) is 10.9. The van der Waals surface area contributed by atoms with Crippen LogP contribution >= 0.6 is 0 Å². The summed E-state index contributed by atoms with van der Waals surface area (Å²) in [5.41, 5.74) is 1.59. The van der Waals surface area contributed by atoms with Gasteiger partial charge >= 0.3 is 5.97 Å². The fourth-order valence-electron chi connectivity index (χ4n) is 2.64. The Labute approximate surface area is 174 Å². The number of benzene rings is 1. The zero-order chi connectivity index (χ0) is 21.2. The van der Waals surface area contributed by atoms with Gasteiger partial charge in [-0.1, -0.05) is 11.2 Å². The van der Waals surface area contributed by atoms with Gasteiger partial charge in [0.05, 0.1) is 20.3 Å². The van der Waals surface area contributed by atoms with E-state index < -0.39 is 5.97 Å². The van der Waals surface area contributed by atoms with Crippen molar-refractivity contribution in [2.24, 2.45) is 0 Å². The Balaban J connectivity index is 1.43. The molecule has 0 bridgehead atoms. The predicted molar refractivity (Wildman–Crippen MR) is 110 cm³/mol. The number of rotatable bonds is 10. The maximum Gasteiger partial charge on any atom is 0.330 e. The number of hydrogen-bond donors (Lipinski definition) is 0. The lowest BCUT2D eigenvalue weighted by atomic mass is 10.2. The Hall–Kier alpha value is -3.68. The van der Waals surface area contributed by atoms with E-state index in [1.807, 2.05) is 25.1 Å². The summed E-state index contributed by atoms with van der Waals surface area (Å²) < 4.78 is 21.2. The minimum atomic E-state index is -0.426. The summed E-state index contributed by atoms with van der Waals surface area (Å²) in [5, 5.41) is 3.93. The predicted octanol–water partition coefficient (Wildman–Crippen LogP) is 3.73. The maximum atomic E-state index is 11.9. The zero-order valence-corrected chi connectivity index (χ0v) is 16.9. The number of methoxy groups -OCH3 is 1. The molecule has 0 aliphatic carbocycles. The van der Waals surface area contributed by atoms with Crippen molar-refractivity contribution in [3.63, 3.8) is 0 Å². The van der Waals surface area contributed by atoms with Gasteiger partial charge in [0.1, 0.15) is 0 Å². The molecule has 0 atom stereocenters. The molecule has 0 aliphatic rings. The average Bonchev–Trinajstić information content (AvgIpc) is 3.26. The van der Waals surface area contributed by atoms with Crippen LogP contribution in [0.15, 0.2) is 53.3 Å². The first-order valence-electron chi connectivity index (χ1n) is 9.58. The van der Waals surface area contributed by atoms with Crippen LogP contribution in [0.4, 0.5) is 0 Å². The Morgan fingerprint density at radius 2 is 2.13 bits per heavy atom. The summed E-state index contributed by atoms with van der Waals surface area (Å²) in [6.45, 7) is 2.70. The quantitative estimate of drug-likeness (QED) is 0.284. The number of hydrogen-bond acceptors (Lipinski definition) is 8. The molecular weight excluding hydrogens is 386 g/mol. The van der Waals surface area contributed by atoms with E-state index in [0.29, 0.717) is 42.7 Å². The van der Waals surface area contributed by atoms with Crippen molar-refractivity contribution in [2.75, 3.05) is 20.3 Å². The second kappa shape index (κ2) is 10.8. The van der Waals surface area contributed by atoms with Crippen LogP contribution < -0.4 is 9.47 Å². The minimum absolute atomic E-state index is 0.250. The number of aromatic nitrogens is 3. The zero-order valence-electron chi connectivity index (χ0n) is 16.9. The van der Waals surface area contributed by atoms with Crippen LogP contribution in [0.1, 0.15) is 24.8 Å². The molecule has 0 saturated heterocycles. The van der Waals surface area contributed by atoms with E-state index in [1.54, 1.807) is 37.7 Å². The molecule has 0 spiro atoms. The molecule has 0 fully saturated rings. The Bertz CT molecular complexity index is 985. The van der Waals surface area contributed by atoms with E-state index in [2.05, 4.69) is 15.1 Å². The second-order valence-corrected chi connectivity index (χ2v) is 6.20. The maximum absolute atomic E-state index is 11.9. The minimum Gasteiger partial charge on any atom is -0.493 e. The molecule has 3 aromatic rings. The second-order valence-electron chi connectivity index (χ2n) is 6.20. The smallest absolute Gasteiger partial charge is 0.330 e. The van der Waals surface area contributed by atoms with Gasteiger partial charge in [0.15, 0.2) is 11.5 Å². The highest BCUT2D eigenvalue weighted by molar-refractivity contribution is 5.87. The third kappa shape index (κ3) is 5.91. The molecule has 0 radical (unpaired) electrons. The lowest BCUT2D eigenvalue weighted by Gasteiger charge is -2.09. The number of ether oxygens (including phenoxy) is 3. The van der Waals surface area contributed by atoms with Crippen molar-refractivity contribution >= 4 is 12.0 Å². The third-order valence-corrected chi connectivity index (χ3v) is 4.07. The molecule has 2 aromatic heterocycles. The Morgan fingerprint density at radius 1 is 1.23 bits per heavy atom. The van der Waals surface area contributed by atoms with Gasteiger partial charge in [-0.2, -0.15) is 4.98 Å². The van der Waals surface area contributed by atoms with Crippen LogP contribution in [-0.2, 0) is 16.0 Å². The van der Waals surface area contributed by atoms with Gasteiger partial charge in [0, 0.05) is 30.5 Å². The summed E-state index contributed by atoms with van der Waals surface area (Å²) in [4.78, 5) is 20.3. The van der Waals surface area contributed by atoms with Gasteiger partial charge in [0.25, 0.3) is 0 Å². The van der Waals surface area contributed by atoms with Crippen LogP contribution in [-0.4, -0.2) is 41.4 Å². The average molecular weight is 409 g/mol. The molecule has 30 heavy (non-hydrogen) atoms. The molecule has 0 aliphatic heterocycles. The third-order valence-electron chi connectivity index (χ3n) is 4.07. The molecule has 0 unspecified atom stereocenters. The van der Waals surface area contributed by atoms with Gasteiger partial charge < -0.3 is 18.7 Å². The van der Waals surface area contributed by atoms with Gasteiger partial charge in [-0.05, 0) is 49.2 Å². The summed E-state index contributed by atoms with van der Waals surface area (Å²) >= 11 is 0. The van der Waals surface area contributed by atoms with E-state index in [1.165, 1.54) is 6.08 Å². The molecular formula is C22H23N3O5. The van der Waals surface area contributed by atoms with Crippen LogP contribution in [0.25, 0.3) is 17.5 Å². The number of carbonyl (C=O) groups excluding carboxylic acids is 1. The molecule has 0 amide bonds. The van der Waals surface area contributed by atoms with Gasteiger partial charge in [0.2, 0.25) is 11.7 Å². The van der Waals surface area contributed by atoms with Crippen LogP contribution in [0.5, 0.6) is 11.5 Å². The van der Waals surface area contributed by atoms with Crippen LogP contribution in [0.2, 0.25) is 0 Å². The number of esters is 1. The molecule has 8 heteroatoms. The van der Waals surface area contributed by atoms with E-state index in [4.69, 9.17) is 18.7 Å². The van der Waals surface area contributed by atoms with E-state index in [9.17, 15) is 4.79 Å². The standard InChI is InChI=1S/C22H23N3O5/c1-3-28-18-10-8-16(14-19(18)27-2)9-11-21(26)29-13-5-7-20-24-22(25-30-20)17-6-4-12-23-15-17/h4,6,8-12,14-15H,3,5,7,13H2,1-2H3/b11-9+. The molecule has 2 heterocycles. The lowest BCUT2D eigenvalue weighted by molar-refractivity contribution is -0.137. The van der Waals surface area contributed by atoms with Crippen molar-refractivity contribution in [1.82, 2.24) is 15.1 Å². The molecule has 3 rings (SSSR count). The topological polar surface area (TPSA) is 96.6 Å². The van der Waals surface area contributed by atoms with Crippen molar-refractivity contribution < 1.29 is 23.5 Å². The molecule has 0 N–H and O–H groups in total. The Morgan fingerprint density at radius 3 is 2.90 bits per heavy atom. The highest BCUT2D eigenvalue weighted by atomic mass is 16.5. The fourth-order valence-corrected chi connectivity index (χ4v) is 2.64. The van der Waals surface area contributed by atoms with Crippen LogP contribution in [0.3, 0.4) is 0 Å². The van der Waals surface area contributed by atoms with Crippen molar-refractivity contribution in [3.8, 4) is 22.9 Å². The first kappa shape index (κ1) is 21.0. The van der Waals surface area contributed by atoms with E-state index in [0.717, 1.165) is 11.1 Å². The summed E-state index contributed by atoms with van der Waals surface area (Å²) in [7, 11) is 1.57. The molecule has 0 saturated carbocycles. The SMILES string of the molecule is CCOc1ccc(/C=C/C(=O)OCCCc2nc(-c3cccnc3)no2)cc1OC. The van der Waals surface area contributed by atoms with Gasteiger partial charge in [-0.15, -0.1) is 0 Å². The van der Waals surface area contributed by atoms with Gasteiger partial charge in [-0.25, -0.2) is 4.79 Å². The summed E-state index contributed by atoms with van der Waals surface area (Å²) in [5.74, 6) is 1.82. The number of aryl methyl sites for hydroxylation is 1. The Kier molecular flexibility index (Phi) is 7.54. The highest BCUT2D eigenvalue weighted by Crippen LogP contribution is 2.28. The van der Waals surface area contributed by atoms with Crippen LogP contribution in [0, 0.1) is 0 Å². The van der Waals surface area contributed by atoms with Crippen molar-refractivity contribution in [2.45, 2.75) is 19.8 Å². The first-order chi connectivity index (χ1) is 14.7. The largest absolute Gasteiger partial charge is 0.493 e. The highest BCUT2D eigenvalue weighted by Gasteiger charge is 2.09. The lowest BCUT2D eigenvalue weighted by Crippen LogP contribution is -2.03. The van der Waals surface area contributed by atoms with E-state index in [-0.39, 0.29) is 6.61 Å². The first-order valence-corrected chi connectivity index (χ1v) is 9.58. The summed E-state index contributed by atoms with van der Waals surface area (Å²) in [6.07, 6.45) is 7.48. The van der Waals surface area contributed by atoms with E-state index >= 15 is 0 Å². The number of pyridine rings is 1. The monoisotopic (exact) mass is 409 g/mol.